The molecule has 0 radical (unpaired) electrons. The van der Waals surface area contributed by atoms with Crippen molar-refractivity contribution in [3.8, 4) is 11.4 Å². The van der Waals surface area contributed by atoms with Crippen LogP contribution in [0.4, 0.5) is 4.39 Å². The Labute approximate surface area is 122 Å². The highest BCUT2D eigenvalue weighted by molar-refractivity contribution is 5.77. The number of hydrogen-bond donors (Lipinski definition) is 0. The molecule has 0 saturated heterocycles. The van der Waals surface area contributed by atoms with Gasteiger partial charge in [0.25, 0.3) is 0 Å². The predicted octanol–water partition coefficient (Wildman–Crippen LogP) is 3.18. The molecule has 1 unspecified atom stereocenters. The Balaban J connectivity index is 2.30. The molecule has 112 valence electrons. The topological polar surface area (TPSA) is 65.2 Å². The van der Waals surface area contributed by atoms with Gasteiger partial charge in [0.1, 0.15) is 11.7 Å². The van der Waals surface area contributed by atoms with Gasteiger partial charge >= 0.3 is 5.97 Å². The maximum atomic E-state index is 13.2. The number of carbonyl (C=O) groups is 1. The van der Waals surface area contributed by atoms with Gasteiger partial charge in [0.05, 0.1) is 6.61 Å². The minimum atomic E-state index is -0.625. The van der Waals surface area contributed by atoms with Crippen molar-refractivity contribution in [1.29, 1.82) is 0 Å². The Morgan fingerprint density at radius 3 is 2.81 bits per heavy atom. The van der Waals surface area contributed by atoms with E-state index in [-0.39, 0.29) is 30.1 Å². The first-order valence-electron chi connectivity index (χ1n) is 6.79. The summed E-state index contributed by atoms with van der Waals surface area (Å²) in [5, 5.41) is 3.81. The summed E-state index contributed by atoms with van der Waals surface area (Å²) >= 11 is 0. The number of ether oxygens (including phenoxy) is 1. The van der Waals surface area contributed by atoms with Crippen LogP contribution in [-0.2, 0) is 9.53 Å². The van der Waals surface area contributed by atoms with Crippen LogP contribution >= 0.6 is 0 Å². The molecule has 1 heterocycles. The van der Waals surface area contributed by atoms with E-state index in [1.807, 2.05) is 13.8 Å². The summed E-state index contributed by atoms with van der Waals surface area (Å²) in [5.74, 6) is -1.03. The Hall–Kier alpha value is -2.24. The molecule has 0 aliphatic carbocycles. The lowest BCUT2D eigenvalue weighted by atomic mass is 9.96. The zero-order chi connectivity index (χ0) is 15.4. The second-order valence-electron chi connectivity index (χ2n) is 4.94. The van der Waals surface area contributed by atoms with Crippen molar-refractivity contribution in [3.05, 3.63) is 36.0 Å². The van der Waals surface area contributed by atoms with Crippen LogP contribution in [0.3, 0.4) is 0 Å². The maximum absolute atomic E-state index is 13.2. The summed E-state index contributed by atoms with van der Waals surface area (Å²) in [5.41, 5.74) is 0.497. The van der Waals surface area contributed by atoms with Gasteiger partial charge in [0, 0.05) is 5.56 Å². The summed E-state index contributed by atoms with van der Waals surface area (Å²) in [4.78, 5) is 16.2. The van der Waals surface area contributed by atoms with Gasteiger partial charge in [-0.1, -0.05) is 31.1 Å². The number of halogens is 1. The Morgan fingerprint density at radius 2 is 2.19 bits per heavy atom. The zero-order valence-electron chi connectivity index (χ0n) is 12.2. The zero-order valence-corrected chi connectivity index (χ0v) is 12.2. The summed E-state index contributed by atoms with van der Waals surface area (Å²) in [6.45, 7) is 5.76. The molecule has 1 atom stereocenters. The van der Waals surface area contributed by atoms with Gasteiger partial charge < -0.3 is 9.26 Å². The van der Waals surface area contributed by atoms with Crippen molar-refractivity contribution in [2.75, 3.05) is 6.61 Å². The van der Waals surface area contributed by atoms with Gasteiger partial charge in [-0.3, -0.25) is 4.79 Å². The molecular formula is C15H17FN2O3. The lowest BCUT2D eigenvalue weighted by Gasteiger charge is -2.14. The largest absolute Gasteiger partial charge is 0.465 e. The van der Waals surface area contributed by atoms with E-state index < -0.39 is 11.9 Å². The fraction of sp³-hybridized carbons (Fsp3) is 0.400. The first kappa shape index (κ1) is 15.2. The third kappa shape index (κ3) is 3.45. The van der Waals surface area contributed by atoms with E-state index in [0.29, 0.717) is 5.56 Å². The van der Waals surface area contributed by atoms with Crippen molar-refractivity contribution in [2.24, 2.45) is 5.92 Å². The molecule has 6 heteroatoms. The molecule has 1 aromatic carbocycles. The van der Waals surface area contributed by atoms with Crippen LogP contribution in [-0.4, -0.2) is 22.7 Å². The molecule has 2 rings (SSSR count). The molecule has 0 N–H and O–H groups in total. The Morgan fingerprint density at radius 1 is 1.43 bits per heavy atom. The first-order valence-corrected chi connectivity index (χ1v) is 6.79. The molecule has 0 aliphatic rings. The number of nitrogens with zero attached hydrogens (tertiary/aromatic N) is 2. The van der Waals surface area contributed by atoms with Crippen LogP contribution in [0.2, 0.25) is 0 Å². The Bertz CT molecular complexity index is 625. The number of carbonyl (C=O) groups excluding carboxylic acids is 1. The monoisotopic (exact) mass is 292 g/mol. The summed E-state index contributed by atoms with van der Waals surface area (Å²) in [6.07, 6.45) is 0. The number of esters is 1. The van der Waals surface area contributed by atoms with Crippen LogP contribution in [0.25, 0.3) is 11.4 Å². The lowest BCUT2D eigenvalue weighted by molar-refractivity contribution is -0.146. The molecule has 5 nitrogen and oxygen atoms in total. The molecule has 0 aliphatic heterocycles. The van der Waals surface area contributed by atoms with Gasteiger partial charge in [-0.2, -0.15) is 4.98 Å². The summed E-state index contributed by atoms with van der Waals surface area (Å²) in [7, 11) is 0. The molecule has 0 spiro atoms. The fourth-order valence-corrected chi connectivity index (χ4v) is 2.00. The first-order chi connectivity index (χ1) is 10.0. The average molecular weight is 292 g/mol. The van der Waals surface area contributed by atoms with E-state index in [9.17, 15) is 9.18 Å². The molecule has 0 saturated carbocycles. The standard InChI is InChI=1S/C15H17FN2O3/c1-4-20-15(19)12(9(2)3)14-17-13(18-21-14)10-6-5-7-11(16)8-10/h5-9,12H,4H2,1-3H3. The molecule has 0 amide bonds. The van der Waals surface area contributed by atoms with E-state index in [4.69, 9.17) is 9.26 Å². The summed E-state index contributed by atoms with van der Waals surface area (Å²) in [6, 6.07) is 5.88. The molecule has 0 fully saturated rings. The van der Waals surface area contributed by atoms with Gasteiger partial charge in [-0.25, -0.2) is 4.39 Å². The van der Waals surface area contributed by atoms with Gasteiger partial charge in [-0.05, 0) is 25.0 Å². The third-order valence-corrected chi connectivity index (χ3v) is 3.00. The molecule has 2 aromatic rings. The molecule has 0 bridgehead atoms. The fourth-order valence-electron chi connectivity index (χ4n) is 2.00. The van der Waals surface area contributed by atoms with Gasteiger partial charge in [0.15, 0.2) is 0 Å². The second kappa shape index (κ2) is 6.47. The third-order valence-electron chi connectivity index (χ3n) is 3.00. The predicted molar refractivity (Wildman–Crippen MR) is 73.9 cm³/mol. The highest BCUT2D eigenvalue weighted by Gasteiger charge is 2.31. The van der Waals surface area contributed by atoms with E-state index in [2.05, 4.69) is 10.1 Å². The maximum Gasteiger partial charge on any atom is 0.318 e. The van der Waals surface area contributed by atoms with E-state index in [1.54, 1.807) is 19.1 Å². The SMILES string of the molecule is CCOC(=O)C(c1nc(-c2cccc(F)c2)no1)C(C)C. The van der Waals surface area contributed by atoms with Crippen LogP contribution in [0, 0.1) is 11.7 Å². The van der Waals surface area contributed by atoms with E-state index in [1.165, 1.54) is 12.1 Å². The van der Waals surface area contributed by atoms with Gasteiger partial charge in [-0.15, -0.1) is 0 Å². The minimum Gasteiger partial charge on any atom is -0.465 e. The van der Waals surface area contributed by atoms with Gasteiger partial charge in [0.2, 0.25) is 11.7 Å². The number of hydrogen-bond acceptors (Lipinski definition) is 5. The van der Waals surface area contributed by atoms with Crippen LogP contribution in [0.1, 0.15) is 32.6 Å². The lowest BCUT2D eigenvalue weighted by Crippen LogP contribution is -2.21. The van der Waals surface area contributed by atoms with Crippen molar-refractivity contribution in [3.63, 3.8) is 0 Å². The van der Waals surface area contributed by atoms with Crippen LogP contribution in [0.5, 0.6) is 0 Å². The van der Waals surface area contributed by atoms with Crippen molar-refractivity contribution >= 4 is 5.97 Å². The van der Waals surface area contributed by atoms with E-state index in [0.717, 1.165) is 0 Å². The molecular weight excluding hydrogens is 275 g/mol. The smallest absolute Gasteiger partial charge is 0.318 e. The minimum absolute atomic E-state index is 0.0511. The Kier molecular flexibility index (Phi) is 4.67. The molecule has 1 aromatic heterocycles. The number of rotatable bonds is 5. The van der Waals surface area contributed by atoms with Crippen molar-refractivity contribution in [1.82, 2.24) is 10.1 Å². The van der Waals surface area contributed by atoms with Crippen molar-refractivity contribution < 1.29 is 18.4 Å². The van der Waals surface area contributed by atoms with E-state index >= 15 is 0 Å². The van der Waals surface area contributed by atoms with Crippen LogP contribution < -0.4 is 0 Å². The van der Waals surface area contributed by atoms with Crippen molar-refractivity contribution in [2.45, 2.75) is 26.7 Å². The number of aromatic nitrogens is 2. The summed E-state index contributed by atoms with van der Waals surface area (Å²) < 4.78 is 23.4. The average Bonchev–Trinajstić information content (AvgIpc) is 2.88. The quantitative estimate of drug-likeness (QED) is 0.792. The highest BCUT2D eigenvalue weighted by Crippen LogP contribution is 2.27. The molecule has 21 heavy (non-hydrogen) atoms. The highest BCUT2D eigenvalue weighted by atomic mass is 19.1. The van der Waals surface area contributed by atoms with Crippen LogP contribution in [0.15, 0.2) is 28.8 Å². The second-order valence-corrected chi connectivity index (χ2v) is 4.94. The normalized spacial score (nSPS) is 12.4. The number of benzene rings is 1.